The number of nitrogens with zero attached hydrogens (tertiary/aromatic N) is 2. The highest BCUT2D eigenvalue weighted by molar-refractivity contribution is 9.10. The van der Waals surface area contributed by atoms with Crippen LogP contribution < -0.4 is 5.73 Å². The number of fused-ring (bicyclic) bond motifs is 1. The minimum absolute atomic E-state index is 0.506. The number of hydrogen-bond acceptors (Lipinski definition) is 2. The van der Waals surface area contributed by atoms with Crippen molar-refractivity contribution in [3.63, 3.8) is 0 Å². The van der Waals surface area contributed by atoms with Crippen molar-refractivity contribution in [1.82, 2.24) is 9.38 Å². The van der Waals surface area contributed by atoms with E-state index < -0.39 is 0 Å². The molecule has 2 N–H and O–H groups in total. The normalized spacial score (nSPS) is 11.1. The van der Waals surface area contributed by atoms with Gasteiger partial charge < -0.3 is 5.73 Å². The van der Waals surface area contributed by atoms with Crippen molar-refractivity contribution < 1.29 is 0 Å². The maximum Gasteiger partial charge on any atom is 0.153 e. The van der Waals surface area contributed by atoms with Gasteiger partial charge in [-0.3, -0.25) is 4.40 Å². The highest BCUT2D eigenvalue weighted by Gasteiger charge is 2.17. The molecule has 1 aromatic carbocycles. The van der Waals surface area contributed by atoms with Gasteiger partial charge in [-0.05, 0) is 40.2 Å². The van der Waals surface area contributed by atoms with E-state index in [0.29, 0.717) is 27.1 Å². The first kappa shape index (κ1) is 12.8. The minimum Gasteiger partial charge on any atom is -0.383 e. The van der Waals surface area contributed by atoms with E-state index in [9.17, 15) is 0 Å². The van der Waals surface area contributed by atoms with Crippen LogP contribution in [0.5, 0.6) is 0 Å². The van der Waals surface area contributed by atoms with Crippen molar-refractivity contribution in [2.75, 3.05) is 5.73 Å². The Labute approximate surface area is 128 Å². The van der Waals surface area contributed by atoms with Crippen LogP contribution in [0.1, 0.15) is 0 Å². The number of benzene rings is 1. The van der Waals surface area contributed by atoms with Crippen molar-refractivity contribution in [3.8, 4) is 11.3 Å². The van der Waals surface area contributed by atoms with Crippen molar-refractivity contribution >= 4 is 50.6 Å². The van der Waals surface area contributed by atoms with Gasteiger partial charge in [-0.15, -0.1) is 0 Å². The molecule has 0 aliphatic rings. The third-order valence-corrected chi connectivity index (χ3v) is 4.09. The van der Waals surface area contributed by atoms with Gasteiger partial charge in [0.05, 0.1) is 14.5 Å². The standard InChI is InChI=1S/C13H8BrCl2N3/c14-7-3-2-6-19-12(17)11(18-13(7)19)10-8(15)4-1-5-9(10)16/h1-6H,17H2. The molecule has 0 bridgehead atoms. The van der Waals surface area contributed by atoms with Crippen molar-refractivity contribution in [3.05, 3.63) is 51.0 Å². The lowest BCUT2D eigenvalue weighted by atomic mass is 10.1. The van der Waals surface area contributed by atoms with Crippen LogP contribution in [-0.2, 0) is 0 Å². The Balaban J connectivity index is 2.38. The lowest BCUT2D eigenvalue weighted by Crippen LogP contribution is -1.94. The maximum absolute atomic E-state index is 6.20. The lowest BCUT2D eigenvalue weighted by molar-refractivity contribution is 1.19. The summed E-state index contributed by atoms with van der Waals surface area (Å²) in [5, 5.41) is 1.05. The third-order valence-electron chi connectivity index (χ3n) is 2.84. The molecule has 2 aromatic heterocycles. The zero-order chi connectivity index (χ0) is 13.6. The summed E-state index contributed by atoms with van der Waals surface area (Å²) < 4.78 is 2.65. The molecule has 0 fully saturated rings. The number of nitrogens with two attached hydrogens (primary N) is 1. The summed E-state index contributed by atoms with van der Waals surface area (Å²) in [6.45, 7) is 0. The second-order valence-electron chi connectivity index (χ2n) is 3.99. The zero-order valence-corrected chi connectivity index (χ0v) is 12.7. The fourth-order valence-electron chi connectivity index (χ4n) is 1.96. The summed E-state index contributed by atoms with van der Waals surface area (Å²) in [6.07, 6.45) is 1.84. The Bertz CT molecular complexity index is 763. The highest BCUT2D eigenvalue weighted by Crippen LogP contribution is 2.38. The van der Waals surface area contributed by atoms with E-state index in [0.717, 1.165) is 10.1 Å². The van der Waals surface area contributed by atoms with Crippen LogP contribution in [0.4, 0.5) is 5.82 Å². The van der Waals surface area contributed by atoms with Crippen LogP contribution in [0.2, 0.25) is 10.0 Å². The number of aromatic nitrogens is 2. The van der Waals surface area contributed by atoms with E-state index in [1.807, 2.05) is 18.3 Å². The molecule has 3 nitrogen and oxygen atoms in total. The summed E-state index contributed by atoms with van der Waals surface area (Å²) in [5.41, 5.74) is 8.11. The molecule has 0 aliphatic heterocycles. The van der Waals surface area contributed by atoms with Gasteiger partial charge in [0.15, 0.2) is 5.65 Å². The predicted molar refractivity (Wildman–Crippen MR) is 82.8 cm³/mol. The van der Waals surface area contributed by atoms with E-state index >= 15 is 0 Å². The van der Waals surface area contributed by atoms with Crippen LogP contribution in [0, 0.1) is 0 Å². The number of rotatable bonds is 1. The molecule has 3 aromatic rings. The number of halogens is 3. The fraction of sp³-hybridized carbons (Fsp3) is 0. The summed E-state index contributed by atoms with van der Waals surface area (Å²) in [5.74, 6) is 0.506. The molecule has 0 spiro atoms. The molecule has 2 heterocycles. The van der Waals surface area contributed by atoms with Crippen molar-refractivity contribution in [1.29, 1.82) is 0 Å². The number of hydrogen-bond donors (Lipinski definition) is 1. The van der Waals surface area contributed by atoms with Crippen molar-refractivity contribution in [2.24, 2.45) is 0 Å². The van der Waals surface area contributed by atoms with Gasteiger partial charge in [0.25, 0.3) is 0 Å². The Morgan fingerprint density at radius 1 is 1.11 bits per heavy atom. The summed E-state index contributed by atoms with van der Waals surface area (Å²) >= 11 is 15.9. The van der Waals surface area contributed by atoms with Gasteiger partial charge in [0, 0.05) is 11.8 Å². The fourth-order valence-corrected chi connectivity index (χ4v) is 2.97. The summed E-state index contributed by atoms with van der Waals surface area (Å²) in [7, 11) is 0. The van der Waals surface area contributed by atoms with E-state index in [1.54, 1.807) is 22.6 Å². The van der Waals surface area contributed by atoms with E-state index in [1.165, 1.54) is 0 Å². The Hall–Kier alpha value is -1.23. The molecule has 0 amide bonds. The quantitative estimate of drug-likeness (QED) is 0.689. The first-order valence-corrected chi connectivity index (χ1v) is 7.01. The predicted octanol–water partition coefficient (Wildman–Crippen LogP) is 4.65. The second-order valence-corrected chi connectivity index (χ2v) is 5.66. The molecule has 3 rings (SSSR count). The molecule has 96 valence electrons. The van der Waals surface area contributed by atoms with Gasteiger partial charge in [-0.1, -0.05) is 29.3 Å². The molecule has 0 unspecified atom stereocenters. The largest absolute Gasteiger partial charge is 0.383 e. The molecule has 0 saturated heterocycles. The van der Waals surface area contributed by atoms with E-state index in [4.69, 9.17) is 28.9 Å². The van der Waals surface area contributed by atoms with Gasteiger partial charge in [-0.25, -0.2) is 4.98 Å². The number of nitrogen functional groups attached to an aromatic ring is 1. The van der Waals surface area contributed by atoms with Crippen molar-refractivity contribution in [2.45, 2.75) is 0 Å². The van der Waals surface area contributed by atoms with Crippen LogP contribution in [-0.4, -0.2) is 9.38 Å². The van der Waals surface area contributed by atoms with Gasteiger partial charge >= 0.3 is 0 Å². The van der Waals surface area contributed by atoms with E-state index in [2.05, 4.69) is 20.9 Å². The molecule has 0 aliphatic carbocycles. The molecule has 0 atom stereocenters. The Kier molecular flexibility index (Phi) is 3.17. The Morgan fingerprint density at radius 2 is 1.79 bits per heavy atom. The topological polar surface area (TPSA) is 43.3 Å². The number of pyridine rings is 1. The first-order chi connectivity index (χ1) is 9.09. The molecular weight excluding hydrogens is 349 g/mol. The van der Waals surface area contributed by atoms with Gasteiger partial charge in [0.1, 0.15) is 11.5 Å². The second kappa shape index (κ2) is 4.71. The molecule has 6 heteroatoms. The maximum atomic E-state index is 6.20. The minimum atomic E-state index is 0.506. The van der Waals surface area contributed by atoms with Crippen LogP contribution >= 0.6 is 39.1 Å². The average Bonchev–Trinajstić information content (AvgIpc) is 2.69. The molecule has 0 saturated carbocycles. The average molecular weight is 357 g/mol. The van der Waals surface area contributed by atoms with Crippen LogP contribution in [0.15, 0.2) is 41.0 Å². The molecular formula is C13H8BrCl2N3. The number of imidazole rings is 1. The van der Waals surface area contributed by atoms with Gasteiger partial charge in [0.2, 0.25) is 0 Å². The molecule has 0 radical (unpaired) electrons. The van der Waals surface area contributed by atoms with Crippen LogP contribution in [0.3, 0.4) is 0 Å². The summed E-state index contributed by atoms with van der Waals surface area (Å²) in [4.78, 5) is 4.53. The zero-order valence-electron chi connectivity index (χ0n) is 9.57. The third kappa shape index (κ3) is 2.00. The Morgan fingerprint density at radius 3 is 2.42 bits per heavy atom. The van der Waals surface area contributed by atoms with Gasteiger partial charge in [-0.2, -0.15) is 0 Å². The smallest absolute Gasteiger partial charge is 0.153 e. The number of anilines is 1. The summed E-state index contributed by atoms with van der Waals surface area (Å²) in [6, 6.07) is 9.10. The van der Waals surface area contributed by atoms with E-state index in [-0.39, 0.29) is 0 Å². The lowest BCUT2D eigenvalue weighted by Gasteiger charge is -2.04. The molecule has 19 heavy (non-hydrogen) atoms. The van der Waals surface area contributed by atoms with Crippen LogP contribution in [0.25, 0.3) is 16.9 Å². The SMILES string of the molecule is Nc1c(-c2c(Cl)cccc2Cl)nc2c(Br)cccn12. The first-order valence-electron chi connectivity index (χ1n) is 5.46. The monoisotopic (exact) mass is 355 g/mol. The highest BCUT2D eigenvalue weighted by atomic mass is 79.9.